The van der Waals surface area contributed by atoms with Crippen molar-refractivity contribution in [2.75, 3.05) is 12.0 Å². The van der Waals surface area contributed by atoms with Gasteiger partial charge in [-0.2, -0.15) is 0 Å². The number of hydrogen-bond acceptors (Lipinski definition) is 5. The summed E-state index contributed by atoms with van der Waals surface area (Å²) in [6.45, 7) is 0.448. The van der Waals surface area contributed by atoms with Gasteiger partial charge in [-0.3, -0.25) is 14.6 Å². The average molecular weight is 309 g/mol. The number of nitrogens with zero attached hydrogens (tertiary/aromatic N) is 2. The van der Waals surface area contributed by atoms with Crippen LogP contribution in [0.2, 0.25) is 0 Å². The van der Waals surface area contributed by atoms with Crippen LogP contribution in [-0.2, 0) is 16.1 Å². The zero-order valence-electron chi connectivity index (χ0n) is 12.5. The fraction of sp³-hybridized carbons (Fsp3) is 0.118. The maximum Gasteiger partial charge on any atom is 0.281 e. The van der Waals surface area contributed by atoms with Gasteiger partial charge >= 0.3 is 0 Å². The van der Waals surface area contributed by atoms with Crippen LogP contribution in [0.15, 0.2) is 60.6 Å². The quantitative estimate of drug-likeness (QED) is 0.850. The number of carbonyl (C=O) groups excluding carboxylic acids is 2. The fourth-order valence-corrected chi connectivity index (χ4v) is 2.27. The number of pyridine rings is 1. The van der Waals surface area contributed by atoms with Crippen LogP contribution in [0, 0.1) is 0 Å². The summed E-state index contributed by atoms with van der Waals surface area (Å²) in [6, 6.07) is 10.4. The molecular weight excluding hydrogens is 294 g/mol. The van der Waals surface area contributed by atoms with E-state index in [2.05, 4.69) is 10.3 Å². The summed E-state index contributed by atoms with van der Waals surface area (Å²) < 4.78 is 5.08. The molecule has 1 aliphatic heterocycles. The predicted octanol–water partition coefficient (Wildman–Crippen LogP) is 1.64. The van der Waals surface area contributed by atoms with Crippen molar-refractivity contribution in [1.82, 2.24) is 10.3 Å². The normalized spacial score (nSPS) is 14.0. The van der Waals surface area contributed by atoms with Gasteiger partial charge in [0.2, 0.25) is 0 Å². The summed E-state index contributed by atoms with van der Waals surface area (Å²) in [7, 11) is 1.56. The van der Waals surface area contributed by atoms with Gasteiger partial charge in [0.25, 0.3) is 11.8 Å². The van der Waals surface area contributed by atoms with E-state index in [1.807, 2.05) is 12.1 Å². The van der Waals surface area contributed by atoms with Crippen molar-refractivity contribution in [2.24, 2.45) is 0 Å². The third-order valence-electron chi connectivity index (χ3n) is 3.48. The van der Waals surface area contributed by atoms with E-state index in [-0.39, 0.29) is 17.5 Å². The average Bonchev–Trinajstić information content (AvgIpc) is 2.88. The molecule has 6 nitrogen and oxygen atoms in total. The Balaban J connectivity index is 1.71. The molecule has 0 aliphatic carbocycles. The largest absolute Gasteiger partial charge is 0.497 e. The molecule has 1 N–H and O–H groups in total. The highest BCUT2D eigenvalue weighted by Gasteiger charge is 2.32. The molecule has 2 amide bonds. The molecule has 6 heteroatoms. The predicted molar refractivity (Wildman–Crippen MR) is 84.6 cm³/mol. The Morgan fingerprint density at radius 3 is 2.43 bits per heavy atom. The molecule has 0 saturated carbocycles. The van der Waals surface area contributed by atoms with Crippen molar-refractivity contribution in [3.63, 3.8) is 0 Å². The van der Waals surface area contributed by atoms with E-state index >= 15 is 0 Å². The third-order valence-corrected chi connectivity index (χ3v) is 3.48. The molecule has 116 valence electrons. The van der Waals surface area contributed by atoms with Crippen LogP contribution in [0.1, 0.15) is 5.56 Å². The van der Waals surface area contributed by atoms with Gasteiger partial charge in [-0.1, -0.05) is 0 Å². The lowest BCUT2D eigenvalue weighted by Gasteiger charge is -2.15. The van der Waals surface area contributed by atoms with E-state index in [9.17, 15) is 9.59 Å². The molecule has 2 heterocycles. The topological polar surface area (TPSA) is 71.5 Å². The smallest absolute Gasteiger partial charge is 0.281 e. The number of anilines is 1. The van der Waals surface area contributed by atoms with Gasteiger partial charge < -0.3 is 10.1 Å². The van der Waals surface area contributed by atoms with E-state index in [1.54, 1.807) is 43.8 Å². The Hall–Kier alpha value is -3.15. The van der Waals surface area contributed by atoms with Gasteiger partial charge in [0.15, 0.2) is 0 Å². The van der Waals surface area contributed by atoms with Gasteiger partial charge in [0.1, 0.15) is 11.4 Å². The number of carbonyl (C=O) groups is 2. The molecule has 1 aliphatic rings. The fourth-order valence-electron chi connectivity index (χ4n) is 2.27. The molecule has 2 aromatic rings. The lowest BCUT2D eigenvalue weighted by molar-refractivity contribution is -0.120. The molecule has 0 spiro atoms. The van der Waals surface area contributed by atoms with E-state index in [1.165, 1.54) is 6.08 Å². The van der Waals surface area contributed by atoms with Gasteiger partial charge in [-0.05, 0) is 42.0 Å². The first-order chi connectivity index (χ1) is 11.2. The summed E-state index contributed by atoms with van der Waals surface area (Å²) >= 11 is 0. The summed E-state index contributed by atoms with van der Waals surface area (Å²) in [5.41, 5.74) is 1.77. The van der Waals surface area contributed by atoms with Crippen LogP contribution < -0.4 is 15.0 Å². The molecule has 0 bridgehead atoms. The Morgan fingerprint density at radius 1 is 1.09 bits per heavy atom. The minimum atomic E-state index is -0.366. The number of nitrogens with one attached hydrogen (secondary N) is 1. The van der Waals surface area contributed by atoms with Gasteiger partial charge in [-0.25, -0.2) is 4.90 Å². The highest BCUT2D eigenvalue weighted by Crippen LogP contribution is 2.24. The first kappa shape index (κ1) is 14.8. The van der Waals surface area contributed by atoms with Crippen LogP contribution in [0.4, 0.5) is 5.69 Å². The maximum atomic E-state index is 12.4. The highest BCUT2D eigenvalue weighted by atomic mass is 16.5. The molecule has 23 heavy (non-hydrogen) atoms. The van der Waals surface area contributed by atoms with E-state index < -0.39 is 0 Å². The number of imide groups is 1. The molecule has 0 saturated heterocycles. The Kier molecular flexibility index (Phi) is 4.05. The second-order valence-electron chi connectivity index (χ2n) is 4.94. The summed E-state index contributed by atoms with van der Waals surface area (Å²) in [5.74, 6) is -0.0662. The third kappa shape index (κ3) is 3.06. The number of rotatable bonds is 5. The van der Waals surface area contributed by atoms with E-state index in [4.69, 9.17) is 4.74 Å². The first-order valence-corrected chi connectivity index (χ1v) is 7.06. The number of hydrogen-bond donors (Lipinski definition) is 1. The second-order valence-corrected chi connectivity index (χ2v) is 4.94. The molecule has 1 aromatic carbocycles. The lowest BCUT2D eigenvalue weighted by Crippen LogP contribution is -2.33. The van der Waals surface area contributed by atoms with Gasteiger partial charge in [0, 0.05) is 25.0 Å². The first-order valence-electron chi connectivity index (χ1n) is 7.06. The minimum Gasteiger partial charge on any atom is -0.497 e. The van der Waals surface area contributed by atoms with Gasteiger partial charge in [0.05, 0.1) is 12.8 Å². The maximum absolute atomic E-state index is 12.4. The van der Waals surface area contributed by atoms with Crippen LogP contribution in [0.5, 0.6) is 5.75 Å². The summed E-state index contributed by atoms with van der Waals surface area (Å²) in [6.07, 6.45) is 4.67. The summed E-state index contributed by atoms with van der Waals surface area (Å²) in [5, 5.41) is 3.00. The summed E-state index contributed by atoms with van der Waals surface area (Å²) in [4.78, 5) is 29.6. The highest BCUT2D eigenvalue weighted by molar-refractivity contribution is 6.30. The Labute approximate surface area is 133 Å². The van der Waals surface area contributed by atoms with Crippen molar-refractivity contribution in [3.8, 4) is 5.75 Å². The molecule has 0 fully saturated rings. The van der Waals surface area contributed by atoms with Gasteiger partial charge in [-0.15, -0.1) is 0 Å². The number of amides is 2. The van der Waals surface area contributed by atoms with E-state index in [0.29, 0.717) is 18.0 Å². The SMILES string of the molecule is COc1ccc(N2C(=O)C=C(NCc3ccncc3)C2=O)cc1. The molecule has 0 atom stereocenters. The van der Waals surface area contributed by atoms with Crippen LogP contribution >= 0.6 is 0 Å². The van der Waals surface area contributed by atoms with E-state index in [0.717, 1.165) is 10.5 Å². The zero-order chi connectivity index (χ0) is 16.2. The number of ether oxygens (including phenoxy) is 1. The Bertz CT molecular complexity index is 754. The van der Waals surface area contributed by atoms with Crippen LogP contribution in [0.3, 0.4) is 0 Å². The van der Waals surface area contributed by atoms with Crippen molar-refractivity contribution in [3.05, 3.63) is 66.1 Å². The number of aromatic nitrogens is 1. The monoisotopic (exact) mass is 309 g/mol. The molecule has 0 radical (unpaired) electrons. The molecule has 3 rings (SSSR count). The molecule has 1 aromatic heterocycles. The van der Waals surface area contributed by atoms with Crippen molar-refractivity contribution in [2.45, 2.75) is 6.54 Å². The molecule has 0 unspecified atom stereocenters. The minimum absolute atomic E-state index is 0.280. The van der Waals surface area contributed by atoms with Crippen molar-refractivity contribution >= 4 is 17.5 Å². The van der Waals surface area contributed by atoms with Crippen LogP contribution in [0.25, 0.3) is 0 Å². The standard InChI is InChI=1S/C17H15N3O3/c1-23-14-4-2-13(3-5-14)20-16(21)10-15(17(20)22)19-11-12-6-8-18-9-7-12/h2-10,19H,11H2,1H3. The van der Waals surface area contributed by atoms with Crippen molar-refractivity contribution in [1.29, 1.82) is 0 Å². The Morgan fingerprint density at radius 2 is 1.78 bits per heavy atom. The van der Waals surface area contributed by atoms with Crippen molar-refractivity contribution < 1.29 is 14.3 Å². The lowest BCUT2D eigenvalue weighted by atomic mass is 10.2. The second kappa shape index (κ2) is 6.31. The van der Waals surface area contributed by atoms with Crippen LogP contribution in [-0.4, -0.2) is 23.9 Å². The number of methoxy groups -OCH3 is 1. The molecular formula is C17H15N3O3. The zero-order valence-corrected chi connectivity index (χ0v) is 12.5. The number of benzene rings is 1.